The fourth-order valence-corrected chi connectivity index (χ4v) is 3.81. The molecule has 0 unspecified atom stereocenters. The highest BCUT2D eigenvalue weighted by atomic mass is 16.2. The van der Waals surface area contributed by atoms with Gasteiger partial charge in [0.05, 0.1) is 0 Å². The van der Waals surface area contributed by atoms with Gasteiger partial charge in [-0.05, 0) is 50.6 Å². The number of anilines is 1. The third-order valence-corrected chi connectivity index (χ3v) is 5.34. The molecular formula is C20H31N3O. The van der Waals surface area contributed by atoms with Crippen LogP contribution in [0.3, 0.4) is 0 Å². The summed E-state index contributed by atoms with van der Waals surface area (Å²) in [5.41, 5.74) is 2.58. The van der Waals surface area contributed by atoms with Crippen molar-refractivity contribution >= 4 is 11.6 Å². The minimum atomic E-state index is 0.336. The molecule has 0 atom stereocenters. The number of amides is 1. The van der Waals surface area contributed by atoms with Crippen LogP contribution in [0.1, 0.15) is 37.7 Å². The smallest absolute Gasteiger partial charge is 0.223 e. The van der Waals surface area contributed by atoms with E-state index in [-0.39, 0.29) is 0 Å². The molecule has 0 saturated carbocycles. The van der Waals surface area contributed by atoms with Crippen LogP contribution in [0.15, 0.2) is 24.3 Å². The van der Waals surface area contributed by atoms with Crippen molar-refractivity contribution in [2.24, 2.45) is 0 Å². The van der Waals surface area contributed by atoms with Gasteiger partial charge in [0.1, 0.15) is 0 Å². The summed E-state index contributed by atoms with van der Waals surface area (Å²) in [6, 6.07) is 8.65. The normalized spacial score (nSPS) is 20.0. The molecule has 1 aromatic carbocycles. The number of rotatable bonds is 4. The summed E-state index contributed by atoms with van der Waals surface area (Å²) < 4.78 is 0. The predicted octanol–water partition coefficient (Wildman–Crippen LogP) is 2.91. The number of aryl methyl sites for hydroxylation is 1. The van der Waals surface area contributed by atoms with Crippen molar-refractivity contribution < 1.29 is 4.79 Å². The maximum absolute atomic E-state index is 12.5. The predicted molar refractivity (Wildman–Crippen MR) is 99.5 cm³/mol. The molecule has 0 N–H and O–H groups in total. The fourth-order valence-electron chi connectivity index (χ4n) is 3.81. The van der Waals surface area contributed by atoms with E-state index in [1.807, 2.05) is 0 Å². The van der Waals surface area contributed by atoms with Gasteiger partial charge in [-0.3, -0.25) is 4.79 Å². The lowest BCUT2D eigenvalue weighted by molar-refractivity contribution is -0.131. The maximum Gasteiger partial charge on any atom is 0.223 e. The highest BCUT2D eigenvalue weighted by Crippen LogP contribution is 2.18. The topological polar surface area (TPSA) is 26.8 Å². The third-order valence-electron chi connectivity index (χ3n) is 5.34. The first kappa shape index (κ1) is 17.3. The molecule has 4 heteroatoms. The first-order chi connectivity index (χ1) is 11.7. The molecule has 0 aromatic heterocycles. The van der Waals surface area contributed by atoms with Crippen molar-refractivity contribution in [3.8, 4) is 0 Å². The molecular weight excluding hydrogens is 298 g/mol. The van der Waals surface area contributed by atoms with Gasteiger partial charge in [-0.25, -0.2) is 0 Å². The Labute approximate surface area is 146 Å². The zero-order chi connectivity index (χ0) is 16.8. The lowest BCUT2D eigenvalue weighted by Gasteiger charge is -2.36. The Balaban J connectivity index is 1.43. The van der Waals surface area contributed by atoms with Gasteiger partial charge in [-0.15, -0.1) is 0 Å². The van der Waals surface area contributed by atoms with Crippen molar-refractivity contribution in [2.75, 3.05) is 50.7 Å². The average Bonchev–Trinajstić information content (AvgIpc) is 2.89. The summed E-state index contributed by atoms with van der Waals surface area (Å²) >= 11 is 0. The van der Waals surface area contributed by atoms with Gasteiger partial charge in [-0.2, -0.15) is 0 Å². The van der Waals surface area contributed by atoms with Crippen LogP contribution in [-0.4, -0.2) is 61.5 Å². The van der Waals surface area contributed by atoms with Gasteiger partial charge in [0.2, 0.25) is 5.91 Å². The summed E-state index contributed by atoms with van der Waals surface area (Å²) in [5, 5.41) is 0. The van der Waals surface area contributed by atoms with E-state index in [4.69, 9.17) is 0 Å². The monoisotopic (exact) mass is 329 g/mol. The molecule has 24 heavy (non-hydrogen) atoms. The second kappa shape index (κ2) is 8.52. The van der Waals surface area contributed by atoms with Gasteiger partial charge in [0.15, 0.2) is 0 Å². The largest absolute Gasteiger partial charge is 0.368 e. The minimum Gasteiger partial charge on any atom is -0.368 e. The Morgan fingerprint density at radius 1 is 0.958 bits per heavy atom. The van der Waals surface area contributed by atoms with Crippen LogP contribution in [0, 0.1) is 6.92 Å². The van der Waals surface area contributed by atoms with Gasteiger partial charge in [-0.1, -0.05) is 25.0 Å². The molecule has 1 amide bonds. The van der Waals surface area contributed by atoms with Crippen molar-refractivity contribution in [2.45, 2.75) is 39.0 Å². The molecule has 0 bridgehead atoms. The highest BCUT2D eigenvalue weighted by Gasteiger charge is 2.21. The average molecular weight is 329 g/mol. The van der Waals surface area contributed by atoms with E-state index in [1.54, 1.807) is 0 Å². The quantitative estimate of drug-likeness (QED) is 0.850. The summed E-state index contributed by atoms with van der Waals surface area (Å²) in [6.45, 7) is 9.02. The molecule has 0 radical (unpaired) electrons. The molecule has 132 valence electrons. The summed E-state index contributed by atoms with van der Waals surface area (Å²) in [5.74, 6) is 0.336. The standard InChI is InChI=1S/C20H31N3O/c1-18-7-6-8-19(17-18)22-13-15-23(16-14-22)20(24)9-12-21-10-4-2-3-5-11-21/h6-8,17H,2-5,9-16H2,1H3. The van der Waals surface area contributed by atoms with Crippen molar-refractivity contribution in [1.82, 2.24) is 9.80 Å². The number of carbonyl (C=O) groups excluding carboxylic acids is 1. The van der Waals surface area contributed by atoms with Crippen molar-refractivity contribution in [3.63, 3.8) is 0 Å². The first-order valence-corrected chi connectivity index (χ1v) is 9.54. The Kier molecular flexibility index (Phi) is 6.13. The number of piperazine rings is 1. The van der Waals surface area contributed by atoms with E-state index in [0.717, 1.165) is 32.7 Å². The van der Waals surface area contributed by atoms with Gasteiger partial charge in [0.25, 0.3) is 0 Å². The van der Waals surface area contributed by atoms with E-state index in [1.165, 1.54) is 50.0 Å². The molecule has 2 aliphatic rings. The zero-order valence-corrected chi connectivity index (χ0v) is 15.0. The number of carbonyl (C=O) groups is 1. The van der Waals surface area contributed by atoms with Crippen LogP contribution in [0.4, 0.5) is 5.69 Å². The van der Waals surface area contributed by atoms with Crippen LogP contribution in [-0.2, 0) is 4.79 Å². The lowest BCUT2D eigenvalue weighted by atomic mass is 10.2. The number of likely N-dealkylation sites (tertiary alicyclic amines) is 1. The zero-order valence-electron chi connectivity index (χ0n) is 15.0. The summed E-state index contributed by atoms with van der Waals surface area (Å²) in [7, 11) is 0. The maximum atomic E-state index is 12.5. The molecule has 0 spiro atoms. The number of benzene rings is 1. The van der Waals surface area contributed by atoms with Crippen LogP contribution >= 0.6 is 0 Å². The molecule has 2 heterocycles. The Hall–Kier alpha value is -1.55. The van der Waals surface area contributed by atoms with Crippen LogP contribution in [0.2, 0.25) is 0 Å². The number of hydrogen-bond donors (Lipinski definition) is 0. The third kappa shape index (κ3) is 4.73. The van der Waals surface area contributed by atoms with E-state index >= 15 is 0 Å². The Morgan fingerprint density at radius 3 is 2.33 bits per heavy atom. The van der Waals surface area contributed by atoms with E-state index in [2.05, 4.69) is 45.9 Å². The molecule has 2 saturated heterocycles. The van der Waals surface area contributed by atoms with Gasteiger partial charge >= 0.3 is 0 Å². The van der Waals surface area contributed by atoms with Crippen LogP contribution in [0.5, 0.6) is 0 Å². The van der Waals surface area contributed by atoms with Crippen molar-refractivity contribution in [3.05, 3.63) is 29.8 Å². The Bertz CT molecular complexity index is 529. The minimum absolute atomic E-state index is 0.336. The SMILES string of the molecule is Cc1cccc(N2CCN(C(=O)CCN3CCCCCC3)CC2)c1. The first-order valence-electron chi connectivity index (χ1n) is 9.54. The lowest BCUT2D eigenvalue weighted by Crippen LogP contribution is -2.49. The van der Waals surface area contributed by atoms with E-state index in [0.29, 0.717) is 12.3 Å². The number of hydrogen-bond acceptors (Lipinski definition) is 3. The molecule has 4 nitrogen and oxygen atoms in total. The van der Waals surface area contributed by atoms with E-state index in [9.17, 15) is 4.79 Å². The second-order valence-corrected chi connectivity index (χ2v) is 7.21. The molecule has 2 aliphatic heterocycles. The molecule has 2 fully saturated rings. The highest BCUT2D eigenvalue weighted by molar-refractivity contribution is 5.76. The van der Waals surface area contributed by atoms with Gasteiger partial charge < -0.3 is 14.7 Å². The fraction of sp³-hybridized carbons (Fsp3) is 0.650. The second-order valence-electron chi connectivity index (χ2n) is 7.21. The van der Waals surface area contributed by atoms with E-state index < -0.39 is 0 Å². The van der Waals surface area contributed by atoms with Crippen LogP contribution < -0.4 is 4.90 Å². The van der Waals surface area contributed by atoms with Gasteiger partial charge in [0, 0.05) is 44.8 Å². The molecule has 0 aliphatic carbocycles. The van der Waals surface area contributed by atoms with Crippen LogP contribution in [0.25, 0.3) is 0 Å². The number of nitrogens with zero attached hydrogens (tertiary/aromatic N) is 3. The van der Waals surface area contributed by atoms with Crippen molar-refractivity contribution in [1.29, 1.82) is 0 Å². The Morgan fingerprint density at radius 2 is 1.67 bits per heavy atom. The summed E-state index contributed by atoms with van der Waals surface area (Å²) in [6.07, 6.45) is 5.98. The summed E-state index contributed by atoms with van der Waals surface area (Å²) in [4.78, 5) is 19.4. The molecule has 1 aromatic rings. The molecule has 3 rings (SSSR count).